The summed E-state index contributed by atoms with van der Waals surface area (Å²) in [6.07, 6.45) is 3.19. The first-order valence-electron chi connectivity index (χ1n) is 5.51. The van der Waals surface area contributed by atoms with E-state index in [0.717, 1.165) is 9.77 Å². The molecule has 0 aliphatic heterocycles. The Morgan fingerprint density at radius 3 is 2.79 bits per heavy atom. The largest absolute Gasteiger partial charge is 0.451 e. The summed E-state index contributed by atoms with van der Waals surface area (Å²) in [7, 11) is 0. The molecule has 0 amide bonds. The Hall–Kier alpha value is -1.23. The molecule has 0 saturated heterocycles. The van der Waals surface area contributed by atoms with Gasteiger partial charge in [-0.3, -0.25) is 0 Å². The Balaban J connectivity index is 1.73. The highest BCUT2D eigenvalue weighted by Crippen LogP contribution is 2.20. The smallest absolute Gasteiger partial charge is 0.331 e. The lowest BCUT2D eigenvalue weighted by Crippen LogP contribution is -1.99. The lowest BCUT2D eigenvalue weighted by molar-refractivity contribution is -0.135. The quantitative estimate of drug-likeness (QED) is 0.346. The third-order valence-electron chi connectivity index (χ3n) is 2.17. The fraction of sp³-hybridized carbons (Fsp3) is 0.0714. The molecule has 0 N–H and O–H groups in total. The van der Waals surface area contributed by atoms with Crippen molar-refractivity contribution in [3.63, 3.8) is 0 Å². The number of rotatable bonds is 5. The molecule has 1 aromatic heterocycles. The summed E-state index contributed by atoms with van der Waals surface area (Å²) in [6.45, 7) is 0. The Bertz CT molecular complexity index is 547. The maximum absolute atomic E-state index is 11.4. The van der Waals surface area contributed by atoms with E-state index in [0.29, 0.717) is 5.02 Å². The second-order valence-electron chi connectivity index (χ2n) is 3.53. The van der Waals surface area contributed by atoms with E-state index in [-0.39, 0.29) is 11.9 Å². The van der Waals surface area contributed by atoms with Crippen LogP contribution in [0, 0.1) is 0 Å². The van der Waals surface area contributed by atoms with Crippen LogP contribution < -0.4 is 0 Å². The van der Waals surface area contributed by atoms with Gasteiger partial charge in [0.05, 0.1) is 0 Å². The Kier molecular flexibility index (Phi) is 5.51. The zero-order valence-corrected chi connectivity index (χ0v) is 12.3. The van der Waals surface area contributed by atoms with Crippen LogP contribution >= 0.6 is 34.7 Å². The molecular formula is C14H11ClO2S2. The van der Waals surface area contributed by atoms with Crippen LogP contribution in [0.3, 0.4) is 0 Å². The van der Waals surface area contributed by atoms with E-state index < -0.39 is 0 Å². The average molecular weight is 311 g/mol. The van der Waals surface area contributed by atoms with Gasteiger partial charge in [0.15, 0.2) is 0 Å². The van der Waals surface area contributed by atoms with Crippen LogP contribution in [0.4, 0.5) is 0 Å². The fourth-order valence-corrected chi connectivity index (χ4v) is 2.65. The van der Waals surface area contributed by atoms with Crippen molar-refractivity contribution < 1.29 is 9.53 Å². The van der Waals surface area contributed by atoms with Gasteiger partial charge in [0.2, 0.25) is 0 Å². The fourth-order valence-electron chi connectivity index (χ4n) is 1.27. The number of hydrogen-bond donors (Lipinski definition) is 0. The van der Waals surface area contributed by atoms with E-state index >= 15 is 0 Å². The summed E-state index contributed by atoms with van der Waals surface area (Å²) in [5.41, 5.74) is 0. The molecule has 0 radical (unpaired) electrons. The van der Waals surface area contributed by atoms with Gasteiger partial charge in [-0.25, -0.2) is 4.79 Å². The predicted octanol–water partition coefficient (Wildman–Crippen LogP) is 4.71. The van der Waals surface area contributed by atoms with Gasteiger partial charge in [-0.15, -0.1) is 11.3 Å². The van der Waals surface area contributed by atoms with Crippen molar-refractivity contribution in [2.75, 3.05) is 5.94 Å². The molecule has 2 rings (SSSR count). The molecule has 1 aromatic carbocycles. The molecule has 0 aliphatic rings. The minimum atomic E-state index is -0.338. The number of ether oxygens (including phenoxy) is 1. The van der Waals surface area contributed by atoms with Crippen LogP contribution in [-0.2, 0) is 9.53 Å². The second kappa shape index (κ2) is 7.38. The monoisotopic (exact) mass is 310 g/mol. The van der Waals surface area contributed by atoms with Gasteiger partial charge in [0.1, 0.15) is 5.94 Å². The van der Waals surface area contributed by atoms with E-state index in [2.05, 4.69) is 0 Å². The second-order valence-corrected chi connectivity index (χ2v) is 5.94. The van der Waals surface area contributed by atoms with Crippen LogP contribution in [0.25, 0.3) is 6.08 Å². The van der Waals surface area contributed by atoms with E-state index in [1.165, 1.54) is 17.8 Å². The number of thiophene rings is 1. The first kappa shape index (κ1) is 14.2. The summed E-state index contributed by atoms with van der Waals surface area (Å²) in [5, 5.41) is 2.65. The van der Waals surface area contributed by atoms with E-state index in [1.54, 1.807) is 17.4 Å². The summed E-state index contributed by atoms with van der Waals surface area (Å²) >= 11 is 8.81. The molecule has 0 unspecified atom stereocenters. The van der Waals surface area contributed by atoms with Crippen molar-refractivity contribution in [3.8, 4) is 0 Å². The number of carbonyl (C=O) groups excluding carboxylic acids is 1. The van der Waals surface area contributed by atoms with E-state index in [1.807, 2.05) is 41.8 Å². The van der Waals surface area contributed by atoms with Gasteiger partial charge in [-0.1, -0.05) is 29.4 Å². The zero-order valence-electron chi connectivity index (χ0n) is 9.91. The predicted molar refractivity (Wildman–Crippen MR) is 81.6 cm³/mol. The minimum absolute atomic E-state index is 0.287. The average Bonchev–Trinajstić information content (AvgIpc) is 2.92. The van der Waals surface area contributed by atoms with Gasteiger partial charge in [-0.2, -0.15) is 0 Å². The van der Waals surface area contributed by atoms with E-state index in [9.17, 15) is 4.79 Å². The van der Waals surface area contributed by atoms with Gasteiger partial charge in [-0.05, 0) is 41.8 Å². The molecule has 5 heteroatoms. The molecule has 0 saturated carbocycles. The van der Waals surface area contributed by atoms with Crippen LogP contribution in [-0.4, -0.2) is 11.9 Å². The van der Waals surface area contributed by atoms with Crippen molar-refractivity contribution in [1.29, 1.82) is 0 Å². The molecule has 0 spiro atoms. The van der Waals surface area contributed by atoms with Gasteiger partial charge in [0, 0.05) is 20.9 Å². The highest BCUT2D eigenvalue weighted by Gasteiger charge is 1.99. The first-order valence-corrected chi connectivity index (χ1v) is 7.75. The highest BCUT2D eigenvalue weighted by atomic mass is 35.5. The normalized spacial score (nSPS) is 10.8. The maximum atomic E-state index is 11.4. The molecule has 2 nitrogen and oxygen atoms in total. The Morgan fingerprint density at radius 2 is 2.11 bits per heavy atom. The summed E-state index contributed by atoms with van der Waals surface area (Å²) in [5.74, 6) is -0.0511. The molecule has 0 aliphatic carbocycles. The number of thioether (sulfide) groups is 1. The zero-order chi connectivity index (χ0) is 13.5. The number of benzene rings is 1. The van der Waals surface area contributed by atoms with Crippen LogP contribution in [0.15, 0.2) is 52.7 Å². The van der Waals surface area contributed by atoms with Crippen LogP contribution in [0.1, 0.15) is 4.88 Å². The van der Waals surface area contributed by atoms with Crippen molar-refractivity contribution >= 4 is 46.7 Å². The summed E-state index contributed by atoms with van der Waals surface area (Å²) in [6, 6.07) is 11.3. The van der Waals surface area contributed by atoms with Crippen molar-refractivity contribution in [3.05, 3.63) is 57.8 Å². The van der Waals surface area contributed by atoms with Crippen molar-refractivity contribution in [1.82, 2.24) is 0 Å². The molecule has 2 aromatic rings. The molecule has 1 heterocycles. The molecular weight excluding hydrogens is 300 g/mol. The van der Waals surface area contributed by atoms with Crippen LogP contribution in [0.5, 0.6) is 0 Å². The summed E-state index contributed by atoms with van der Waals surface area (Å²) < 4.78 is 5.08. The maximum Gasteiger partial charge on any atom is 0.331 e. The van der Waals surface area contributed by atoms with Crippen molar-refractivity contribution in [2.45, 2.75) is 4.90 Å². The molecule has 0 bridgehead atoms. The first-order chi connectivity index (χ1) is 9.24. The SMILES string of the molecule is O=C(/C=C/c1cccs1)OCSc1ccc(Cl)cc1. The number of hydrogen-bond acceptors (Lipinski definition) is 4. The van der Waals surface area contributed by atoms with Gasteiger partial charge in [0.25, 0.3) is 0 Å². The van der Waals surface area contributed by atoms with Crippen LogP contribution in [0.2, 0.25) is 5.02 Å². The lowest BCUT2D eigenvalue weighted by Gasteiger charge is -2.02. The number of esters is 1. The van der Waals surface area contributed by atoms with E-state index in [4.69, 9.17) is 16.3 Å². The van der Waals surface area contributed by atoms with Crippen molar-refractivity contribution in [2.24, 2.45) is 0 Å². The standard InChI is InChI=1S/C14H11ClO2S2/c15-11-3-5-13(6-4-11)19-10-17-14(16)8-7-12-2-1-9-18-12/h1-9H,10H2/b8-7+. The Labute approximate surface area is 125 Å². The molecule has 19 heavy (non-hydrogen) atoms. The molecule has 98 valence electrons. The molecule has 0 atom stereocenters. The minimum Gasteiger partial charge on any atom is -0.451 e. The Morgan fingerprint density at radius 1 is 1.32 bits per heavy atom. The number of halogens is 1. The topological polar surface area (TPSA) is 26.3 Å². The third kappa shape index (κ3) is 5.11. The third-order valence-corrected chi connectivity index (χ3v) is 4.10. The molecule has 0 fully saturated rings. The highest BCUT2D eigenvalue weighted by molar-refractivity contribution is 7.99. The lowest BCUT2D eigenvalue weighted by atomic mass is 10.4. The van der Waals surface area contributed by atoms with Gasteiger partial charge < -0.3 is 4.74 Å². The summed E-state index contributed by atoms with van der Waals surface area (Å²) in [4.78, 5) is 13.5. The number of carbonyl (C=O) groups is 1. The van der Waals surface area contributed by atoms with Gasteiger partial charge >= 0.3 is 5.97 Å².